The van der Waals surface area contributed by atoms with Crippen LogP contribution in [-0.4, -0.2) is 99.2 Å². The van der Waals surface area contributed by atoms with Crippen molar-refractivity contribution < 1.29 is 14.2 Å². The number of ether oxygens (including phenoxy) is 3. The third-order valence-corrected chi connectivity index (χ3v) is 3.72. The summed E-state index contributed by atoms with van der Waals surface area (Å²) in [6, 6.07) is 0. The summed E-state index contributed by atoms with van der Waals surface area (Å²) < 4.78 is 16.4. The zero-order chi connectivity index (χ0) is 12.9. The van der Waals surface area contributed by atoms with E-state index in [9.17, 15) is 0 Å². The minimum absolute atomic E-state index is 0.811. The molecule has 3 fully saturated rings. The second-order valence-corrected chi connectivity index (χ2v) is 4.97. The fraction of sp³-hybridized carbons (Fsp3) is 1.00. The maximum absolute atomic E-state index is 5.47. The summed E-state index contributed by atoms with van der Waals surface area (Å²) in [7, 11) is 0. The van der Waals surface area contributed by atoms with Gasteiger partial charge in [-0.3, -0.25) is 0 Å². The van der Waals surface area contributed by atoms with Gasteiger partial charge in [-0.1, -0.05) is 0 Å². The molecule has 3 heterocycles. The molecular weight excluding hydrogens is 248 g/mol. The van der Waals surface area contributed by atoms with Gasteiger partial charge in [-0.2, -0.15) is 0 Å². The Morgan fingerprint density at radius 2 is 0.737 bits per heavy atom. The van der Waals surface area contributed by atoms with Gasteiger partial charge in [-0.05, 0) is 0 Å². The van der Waals surface area contributed by atoms with Crippen molar-refractivity contribution in [2.75, 3.05) is 78.9 Å². The van der Waals surface area contributed by atoms with E-state index < -0.39 is 0 Å². The lowest BCUT2D eigenvalue weighted by Gasteiger charge is -2.50. The van der Waals surface area contributed by atoms with Crippen LogP contribution in [0, 0.1) is 0 Å². The highest BCUT2D eigenvalue weighted by atomic mass is 16.5. The Balaban J connectivity index is 1.68. The molecule has 0 bridgehead atoms. The van der Waals surface area contributed by atoms with Crippen LogP contribution in [0.3, 0.4) is 0 Å². The van der Waals surface area contributed by atoms with Crippen molar-refractivity contribution in [1.29, 1.82) is 0 Å². The third kappa shape index (κ3) is 3.43. The first-order chi connectivity index (χ1) is 9.45. The molecule has 7 nitrogen and oxygen atoms in total. The quantitative estimate of drug-likeness (QED) is 0.655. The van der Waals surface area contributed by atoms with Gasteiger partial charge in [-0.15, -0.1) is 5.23 Å². The first-order valence-electron chi connectivity index (χ1n) is 7.23. The molecule has 0 amide bonds. The highest BCUT2D eigenvalue weighted by Gasteiger charge is 2.31. The Morgan fingerprint density at radius 1 is 0.474 bits per heavy atom. The number of nitrogens with zero attached hydrogens (tertiary/aromatic N) is 4. The zero-order valence-electron chi connectivity index (χ0n) is 11.5. The highest BCUT2D eigenvalue weighted by Crippen LogP contribution is 2.14. The first kappa shape index (κ1) is 13.7. The molecular formula is C12H24N4O3. The fourth-order valence-corrected chi connectivity index (χ4v) is 2.73. The predicted molar refractivity (Wildman–Crippen MR) is 69.0 cm³/mol. The average Bonchev–Trinajstić information content (AvgIpc) is 2.51. The molecule has 0 aromatic heterocycles. The SMILES string of the molecule is C1CN(N(N2CCOCC2)N2CCOCC2)CCO1. The Labute approximate surface area is 114 Å². The van der Waals surface area contributed by atoms with Crippen molar-refractivity contribution in [2.45, 2.75) is 0 Å². The third-order valence-electron chi connectivity index (χ3n) is 3.72. The lowest BCUT2D eigenvalue weighted by atomic mass is 10.4. The van der Waals surface area contributed by atoms with Gasteiger partial charge in [0.25, 0.3) is 0 Å². The molecule has 0 aromatic carbocycles. The molecule has 0 aromatic rings. The largest absolute Gasteiger partial charge is 0.379 e. The van der Waals surface area contributed by atoms with E-state index in [2.05, 4.69) is 20.3 Å². The van der Waals surface area contributed by atoms with Gasteiger partial charge in [0.15, 0.2) is 0 Å². The van der Waals surface area contributed by atoms with E-state index in [1.807, 2.05) is 0 Å². The Bertz CT molecular complexity index is 221. The number of morpholine rings is 3. The van der Waals surface area contributed by atoms with Crippen LogP contribution in [0.2, 0.25) is 0 Å². The predicted octanol–water partition coefficient (Wildman–Crippen LogP) is -0.970. The number of hydrogen-bond acceptors (Lipinski definition) is 7. The van der Waals surface area contributed by atoms with Crippen molar-refractivity contribution >= 4 is 0 Å². The van der Waals surface area contributed by atoms with Gasteiger partial charge in [0.05, 0.1) is 39.6 Å². The number of hydrogen-bond donors (Lipinski definition) is 0. The monoisotopic (exact) mass is 272 g/mol. The molecule has 0 N–H and O–H groups in total. The molecule has 3 saturated heterocycles. The molecule has 3 aliphatic rings. The molecule has 7 heteroatoms. The fourth-order valence-electron chi connectivity index (χ4n) is 2.73. The Morgan fingerprint density at radius 3 is 1.00 bits per heavy atom. The van der Waals surface area contributed by atoms with E-state index >= 15 is 0 Å². The molecule has 0 spiro atoms. The van der Waals surface area contributed by atoms with Crippen molar-refractivity contribution in [3.05, 3.63) is 0 Å². The summed E-state index contributed by atoms with van der Waals surface area (Å²) in [5.41, 5.74) is 0. The van der Waals surface area contributed by atoms with Crippen LogP contribution in [0.15, 0.2) is 0 Å². The van der Waals surface area contributed by atoms with Gasteiger partial charge < -0.3 is 14.2 Å². The molecule has 110 valence electrons. The standard InChI is InChI=1S/C12H24N4O3/c1-7-17-8-2-13(1)16(14-3-9-18-10-4-14)15-5-11-19-12-6-15/h1-12H2. The van der Waals surface area contributed by atoms with E-state index in [1.54, 1.807) is 0 Å². The summed E-state index contributed by atoms with van der Waals surface area (Å²) in [4.78, 5) is 0. The smallest absolute Gasteiger partial charge is 0.0609 e. The number of hydrazine groups is 3. The van der Waals surface area contributed by atoms with Crippen molar-refractivity contribution in [2.24, 2.45) is 0 Å². The van der Waals surface area contributed by atoms with Gasteiger partial charge in [0.2, 0.25) is 0 Å². The van der Waals surface area contributed by atoms with E-state index in [1.165, 1.54) is 0 Å². The van der Waals surface area contributed by atoms with Crippen LogP contribution in [0.5, 0.6) is 0 Å². The summed E-state index contributed by atoms with van der Waals surface area (Å²) >= 11 is 0. The van der Waals surface area contributed by atoms with Gasteiger partial charge >= 0.3 is 0 Å². The van der Waals surface area contributed by atoms with E-state index in [0.717, 1.165) is 78.9 Å². The summed E-state index contributed by atoms with van der Waals surface area (Å²) in [5.74, 6) is 0. The van der Waals surface area contributed by atoms with Crippen molar-refractivity contribution in [1.82, 2.24) is 20.3 Å². The summed E-state index contributed by atoms with van der Waals surface area (Å²) in [6.07, 6.45) is 0. The summed E-state index contributed by atoms with van der Waals surface area (Å²) in [6.45, 7) is 10.6. The van der Waals surface area contributed by atoms with Gasteiger partial charge in [0.1, 0.15) is 0 Å². The zero-order valence-corrected chi connectivity index (χ0v) is 11.5. The second kappa shape index (κ2) is 6.94. The molecule has 0 atom stereocenters. The molecule has 3 rings (SSSR count). The normalized spacial score (nSPS) is 28.9. The van der Waals surface area contributed by atoms with Gasteiger partial charge in [0, 0.05) is 39.3 Å². The minimum Gasteiger partial charge on any atom is -0.379 e. The lowest BCUT2D eigenvalue weighted by Crippen LogP contribution is -2.66. The topological polar surface area (TPSA) is 40.7 Å². The summed E-state index contributed by atoms with van der Waals surface area (Å²) in [5, 5.41) is 9.51. The maximum Gasteiger partial charge on any atom is 0.0609 e. The average molecular weight is 272 g/mol. The van der Waals surface area contributed by atoms with E-state index in [0.29, 0.717) is 0 Å². The Kier molecular flexibility index (Phi) is 5.00. The van der Waals surface area contributed by atoms with E-state index in [-0.39, 0.29) is 0 Å². The molecule has 0 unspecified atom stereocenters. The molecule has 3 aliphatic heterocycles. The van der Waals surface area contributed by atoms with Crippen molar-refractivity contribution in [3.63, 3.8) is 0 Å². The van der Waals surface area contributed by atoms with Crippen LogP contribution in [0.25, 0.3) is 0 Å². The number of rotatable bonds is 3. The highest BCUT2D eigenvalue weighted by molar-refractivity contribution is 4.66. The minimum atomic E-state index is 0.811. The van der Waals surface area contributed by atoms with Crippen LogP contribution in [0.4, 0.5) is 0 Å². The van der Waals surface area contributed by atoms with E-state index in [4.69, 9.17) is 14.2 Å². The van der Waals surface area contributed by atoms with Crippen molar-refractivity contribution in [3.8, 4) is 0 Å². The lowest BCUT2D eigenvalue weighted by molar-refractivity contribution is -0.337. The van der Waals surface area contributed by atoms with Crippen LogP contribution >= 0.6 is 0 Å². The Hall–Kier alpha value is -0.280. The molecule has 0 radical (unpaired) electrons. The molecule has 0 saturated carbocycles. The van der Waals surface area contributed by atoms with Crippen LogP contribution in [0.1, 0.15) is 0 Å². The molecule has 0 aliphatic carbocycles. The van der Waals surface area contributed by atoms with Crippen LogP contribution in [-0.2, 0) is 14.2 Å². The van der Waals surface area contributed by atoms with Crippen LogP contribution < -0.4 is 0 Å². The second-order valence-electron chi connectivity index (χ2n) is 4.97. The maximum atomic E-state index is 5.47. The van der Waals surface area contributed by atoms with Gasteiger partial charge in [-0.25, -0.2) is 15.0 Å². The first-order valence-corrected chi connectivity index (χ1v) is 7.23. The molecule has 19 heavy (non-hydrogen) atoms.